The van der Waals surface area contributed by atoms with Gasteiger partial charge in [-0.25, -0.2) is 9.37 Å². The molecule has 14 heteroatoms. The highest BCUT2D eigenvalue weighted by Crippen LogP contribution is 2.38. The molecular formula is C40H41ClFN9O2S. The molecule has 2 unspecified atom stereocenters. The van der Waals surface area contributed by atoms with Crippen LogP contribution in [0.25, 0.3) is 32.9 Å². The fraction of sp³-hybridized carbons (Fsp3) is 0.350. The molecule has 11 nitrogen and oxygen atoms in total. The standard InChI is InChI=1S/C38H35ClFN9O2S.C2H6/c39-30-10-4-8-22-7-3-9-28(32(22)30)34-33(40)35-29(17-41-34)37(48-18-25-11-12-26(19-48)43-25)46-38(45-35)51-20-31(50)44-24-13-15-27(16-14-24)52-49-21-42-36(47-49)23-5-1-2-6-23;1-2/h3-4,7-10,13-17,21,23,25-26,43H,1-2,5-6,11-12,18-20H2,(H,44,50);1-2H3. The van der Waals surface area contributed by atoms with Crippen LogP contribution in [0.1, 0.15) is 64.1 Å². The van der Waals surface area contributed by atoms with Crippen molar-refractivity contribution in [1.29, 1.82) is 0 Å². The van der Waals surface area contributed by atoms with E-state index in [0.29, 0.717) is 64.0 Å². The number of rotatable bonds is 9. The number of aromatic nitrogens is 6. The largest absolute Gasteiger partial charge is 0.453 e. The summed E-state index contributed by atoms with van der Waals surface area (Å²) >= 11 is 8.07. The smallest absolute Gasteiger partial charge is 0.319 e. The first-order chi connectivity index (χ1) is 26.4. The number of halogens is 2. The average Bonchev–Trinajstić information content (AvgIpc) is 3.97. The second-order valence-corrected chi connectivity index (χ2v) is 15.1. The number of nitrogens with zero attached hydrogens (tertiary/aromatic N) is 7. The minimum atomic E-state index is -0.611. The monoisotopic (exact) mass is 765 g/mol. The van der Waals surface area contributed by atoms with Crippen molar-refractivity contribution in [1.82, 2.24) is 34.4 Å². The second kappa shape index (κ2) is 15.9. The van der Waals surface area contributed by atoms with Crippen LogP contribution in [0.15, 0.2) is 78.1 Å². The van der Waals surface area contributed by atoms with E-state index >= 15 is 4.39 Å². The van der Waals surface area contributed by atoms with Gasteiger partial charge in [0.1, 0.15) is 23.4 Å². The van der Waals surface area contributed by atoms with Crippen molar-refractivity contribution in [2.75, 3.05) is 29.9 Å². The van der Waals surface area contributed by atoms with Crippen molar-refractivity contribution in [3.05, 3.63) is 89.9 Å². The van der Waals surface area contributed by atoms with Gasteiger partial charge in [0, 0.05) is 75.8 Å². The fourth-order valence-corrected chi connectivity index (χ4v) is 8.66. The highest BCUT2D eigenvalue weighted by atomic mass is 35.5. The molecule has 2 N–H and O–H groups in total. The zero-order valence-electron chi connectivity index (χ0n) is 30.1. The molecule has 0 radical (unpaired) electrons. The number of pyridine rings is 1. The Morgan fingerprint density at radius 1 is 0.981 bits per heavy atom. The molecule has 9 rings (SSSR count). The highest BCUT2D eigenvalue weighted by Gasteiger charge is 2.34. The summed E-state index contributed by atoms with van der Waals surface area (Å²) in [4.78, 5) is 34.5. The fourth-order valence-electron chi connectivity index (χ4n) is 7.69. The van der Waals surface area contributed by atoms with Gasteiger partial charge in [-0.2, -0.15) is 14.1 Å². The van der Waals surface area contributed by atoms with Crippen LogP contribution in [-0.4, -0.2) is 66.8 Å². The van der Waals surface area contributed by atoms with Gasteiger partial charge in [-0.1, -0.05) is 68.6 Å². The third kappa shape index (κ3) is 7.44. The third-order valence-corrected chi connectivity index (χ3v) is 11.3. The Labute approximate surface area is 322 Å². The Kier molecular flexibility index (Phi) is 10.6. The lowest BCUT2D eigenvalue weighted by molar-refractivity contribution is -0.118. The Morgan fingerprint density at radius 2 is 1.72 bits per heavy atom. The molecule has 3 fully saturated rings. The van der Waals surface area contributed by atoms with E-state index in [1.165, 1.54) is 24.8 Å². The second-order valence-electron chi connectivity index (χ2n) is 13.6. The lowest BCUT2D eigenvalue weighted by Gasteiger charge is -2.34. The molecular weight excluding hydrogens is 725 g/mol. The topological polar surface area (TPSA) is 123 Å². The van der Waals surface area contributed by atoms with Crippen molar-refractivity contribution >= 4 is 62.6 Å². The van der Waals surface area contributed by atoms with E-state index in [9.17, 15) is 4.79 Å². The van der Waals surface area contributed by atoms with E-state index in [2.05, 4.69) is 35.6 Å². The van der Waals surface area contributed by atoms with E-state index in [1.54, 1.807) is 28.7 Å². The number of benzene rings is 3. The van der Waals surface area contributed by atoms with Crippen LogP contribution in [0.3, 0.4) is 0 Å². The number of piperazine rings is 1. The Morgan fingerprint density at radius 3 is 2.48 bits per heavy atom. The zero-order chi connectivity index (χ0) is 37.2. The van der Waals surface area contributed by atoms with Gasteiger partial charge in [0.25, 0.3) is 5.91 Å². The van der Waals surface area contributed by atoms with Crippen LogP contribution < -0.4 is 20.3 Å². The van der Waals surface area contributed by atoms with E-state index in [1.807, 2.05) is 62.4 Å². The van der Waals surface area contributed by atoms with E-state index < -0.39 is 11.7 Å². The van der Waals surface area contributed by atoms with Crippen molar-refractivity contribution < 1.29 is 13.9 Å². The van der Waals surface area contributed by atoms with Gasteiger partial charge in [-0.15, -0.1) is 5.10 Å². The molecule has 2 saturated heterocycles. The summed E-state index contributed by atoms with van der Waals surface area (Å²) in [6, 6.07) is 19.1. The van der Waals surface area contributed by atoms with Crippen molar-refractivity contribution in [3.8, 4) is 17.3 Å². The molecule has 5 heterocycles. The minimum Gasteiger partial charge on any atom is -0.453 e. The number of hydrogen-bond acceptors (Lipinski definition) is 10. The summed E-state index contributed by atoms with van der Waals surface area (Å²) in [6.45, 7) is 5.05. The van der Waals surface area contributed by atoms with Crippen molar-refractivity contribution in [2.24, 2.45) is 0 Å². The molecule has 2 bridgehead atoms. The van der Waals surface area contributed by atoms with Crippen molar-refractivity contribution in [3.63, 3.8) is 0 Å². The molecule has 1 saturated carbocycles. The van der Waals surface area contributed by atoms with Crippen LogP contribution in [0.5, 0.6) is 6.01 Å². The lowest BCUT2D eigenvalue weighted by atomic mass is 10.0. The van der Waals surface area contributed by atoms with Crippen LogP contribution >= 0.6 is 23.5 Å². The molecule has 3 aromatic heterocycles. The number of hydrogen-bond donors (Lipinski definition) is 2. The van der Waals surface area contributed by atoms with Gasteiger partial charge in [0.2, 0.25) is 0 Å². The van der Waals surface area contributed by atoms with Crippen LogP contribution in [-0.2, 0) is 4.79 Å². The predicted octanol–water partition coefficient (Wildman–Crippen LogP) is 8.43. The molecule has 3 aliphatic rings. The van der Waals surface area contributed by atoms with Gasteiger partial charge in [0.15, 0.2) is 18.2 Å². The van der Waals surface area contributed by atoms with Gasteiger partial charge < -0.3 is 20.3 Å². The molecule has 2 atom stereocenters. The first-order valence-corrected chi connectivity index (χ1v) is 19.8. The normalized spacial score (nSPS) is 18.2. The maximum absolute atomic E-state index is 16.7. The lowest BCUT2D eigenvalue weighted by Crippen LogP contribution is -2.51. The van der Waals surface area contributed by atoms with Gasteiger partial charge in [0.05, 0.1) is 5.39 Å². The summed E-state index contributed by atoms with van der Waals surface area (Å²) in [7, 11) is 0. The van der Waals surface area contributed by atoms with Gasteiger partial charge in [-0.3, -0.25) is 9.78 Å². The summed E-state index contributed by atoms with van der Waals surface area (Å²) in [5.41, 5.74) is 1.36. The van der Waals surface area contributed by atoms with E-state index in [-0.39, 0.29) is 23.8 Å². The maximum Gasteiger partial charge on any atom is 0.319 e. The SMILES string of the molecule is CC.O=C(COc1nc(N2CC3CCC(C2)N3)c2cnc(-c3cccc4cccc(Cl)c34)c(F)c2n1)Nc1ccc(Sn2cnc(C3CCCC3)n2)cc1. The first-order valence-electron chi connectivity index (χ1n) is 18.6. The van der Waals surface area contributed by atoms with Crippen LogP contribution in [0.2, 0.25) is 5.02 Å². The summed E-state index contributed by atoms with van der Waals surface area (Å²) < 4.78 is 24.3. The quantitative estimate of drug-likeness (QED) is 0.148. The van der Waals surface area contributed by atoms with Crippen LogP contribution in [0, 0.1) is 5.82 Å². The number of fused-ring (bicyclic) bond motifs is 4. The van der Waals surface area contributed by atoms with Gasteiger partial charge in [-0.05, 0) is 61.4 Å². The number of ether oxygens (including phenoxy) is 1. The molecule has 3 aromatic carbocycles. The molecule has 54 heavy (non-hydrogen) atoms. The zero-order valence-corrected chi connectivity index (χ0v) is 31.7. The summed E-state index contributed by atoms with van der Waals surface area (Å²) in [6.07, 6.45) is 10.3. The van der Waals surface area contributed by atoms with Crippen LogP contribution in [0.4, 0.5) is 15.9 Å². The molecule has 1 aliphatic carbocycles. The number of carbonyl (C=O) groups is 1. The Hall–Kier alpha value is -4.85. The number of carbonyl (C=O) groups excluding carboxylic acids is 1. The number of anilines is 2. The Balaban J connectivity index is 0.00000203. The predicted molar refractivity (Wildman–Crippen MR) is 212 cm³/mol. The molecule has 1 amide bonds. The molecule has 0 spiro atoms. The number of nitrogens with one attached hydrogen (secondary N) is 2. The summed E-state index contributed by atoms with van der Waals surface area (Å²) in [5, 5.41) is 13.7. The minimum absolute atomic E-state index is 0.0659. The maximum atomic E-state index is 16.7. The van der Waals surface area contributed by atoms with E-state index in [0.717, 1.165) is 41.8 Å². The summed E-state index contributed by atoms with van der Waals surface area (Å²) in [5.74, 6) is 0.882. The van der Waals surface area contributed by atoms with Crippen molar-refractivity contribution in [2.45, 2.75) is 75.3 Å². The molecule has 2 aliphatic heterocycles. The molecule has 278 valence electrons. The third-order valence-electron chi connectivity index (χ3n) is 10.1. The Bertz CT molecular complexity index is 2280. The average molecular weight is 766 g/mol. The highest BCUT2D eigenvalue weighted by molar-refractivity contribution is 7.97. The van der Waals surface area contributed by atoms with Gasteiger partial charge >= 0.3 is 6.01 Å². The first kappa shape index (κ1) is 36.1. The number of amides is 1. The van der Waals surface area contributed by atoms with E-state index in [4.69, 9.17) is 21.3 Å². The molecule has 6 aromatic rings.